The van der Waals surface area contributed by atoms with E-state index in [1.165, 1.54) is 30.3 Å². The third-order valence-corrected chi connectivity index (χ3v) is 4.42. The molecule has 0 aliphatic rings. The summed E-state index contributed by atoms with van der Waals surface area (Å²) < 4.78 is 13.6. The topological polar surface area (TPSA) is 17.1 Å². The summed E-state index contributed by atoms with van der Waals surface area (Å²) >= 11 is 1.52. The molecule has 0 saturated carbocycles. The first kappa shape index (κ1) is 14.8. The van der Waals surface area contributed by atoms with Gasteiger partial charge in [0, 0.05) is 15.4 Å². The molecule has 0 saturated heterocycles. The van der Waals surface area contributed by atoms with E-state index in [1.807, 2.05) is 13.8 Å². The van der Waals surface area contributed by atoms with Crippen LogP contribution in [-0.2, 0) is 0 Å². The van der Waals surface area contributed by atoms with Crippen LogP contribution in [-0.4, -0.2) is 5.78 Å². The first-order chi connectivity index (χ1) is 9.38. The second-order valence-electron chi connectivity index (χ2n) is 5.02. The van der Waals surface area contributed by atoms with Crippen molar-refractivity contribution in [3.8, 4) is 0 Å². The van der Waals surface area contributed by atoms with Crippen LogP contribution in [0.15, 0.2) is 40.1 Å². The molecule has 0 N–H and O–H groups in total. The van der Waals surface area contributed by atoms with E-state index >= 15 is 0 Å². The lowest BCUT2D eigenvalue weighted by molar-refractivity contribution is 0.101. The normalized spacial score (nSPS) is 10.7. The summed E-state index contributed by atoms with van der Waals surface area (Å²) in [6.45, 7) is 7.25. The first-order valence-corrected chi connectivity index (χ1v) is 7.26. The number of carbonyl (C=O) groups is 1. The Labute approximate surface area is 123 Å². The Morgan fingerprint density at radius 2 is 1.70 bits per heavy atom. The second-order valence-corrected chi connectivity index (χ2v) is 6.11. The number of hydrogen-bond donors (Lipinski definition) is 0. The number of ketones is 1. The van der Waals surface area contributed by atoms with Crippen LogP contribution < -0.4 is 0 Å². The summed E-state index contributed by atoms with van der Waals surface area (Å²) in [7, 11) is 0. The Bertz CT molecular complexity index is 677. The third-order valence-electron chi connectivity index (χ3n) is 3.20. The van der Waals surface area contributed by atoms with Crippen LogP contribution in [0.3, 0.4) is 0 Å². The highest BCUT2D eigenvalue weighted by Crippen LogP contribution is 2.34. The Kier molecular flexibility index (Phi) is 4.29. The van der Waals surface area contributed by atoms with E-state index in [0.29, 0.717) is 11.1 Å². The van der Waals surface area contributed by atoms with Gasteiger partial charge < -0.3 is 0 Å². The fourth-order valence-electron chi connectivity index (χ4n) is 1.95. The van der Waals surface area contributed by atoms with Gasteiger partial charge in [0.25, 0.3) is 0 Å². The molecule has 0 aliphatic carbocycles. The lowest BCUT2D eigenvalue weighted by Crippen LogP contribution is -1.98. The van der Waals surface area contributed by atoms with Gasteiger partial charge in [-0.1, -0.05) is 23.9 Å². The summed E-state index contributed by atoms with van der Waals surface area (Å²) in [4.78, 5) is 13.6. The van der Waals surface area contributed by atoms with E-state index in [2.05, 4.69) is 18.2 Å². The first-order valence-electron chi connectivity index (χ1n) is 6.44. The molecule has 0 aromatic heterocycles. The molecule has 1 nitrogen and oxygen atoms in total. The average Bonchev–Trinajstić information content (AvgIpc) is 2.37. The quantitative estimate of drug-likeness (QED) is 0.730. The molecule has 20 heavy (non-hydrogen) atoms. The molecule has 0 aliphatic heterocycles. The van der Waals surface area contributed by atoms with Crippen molar-refractivity contribution in [2.45, 2.75) is 37.5 Å². The van der Waals surface area contributed by atoms with E-state index in [1.54, 1.807) is 13.0 Å². The van der Waals surface area contributed by atoms with Gasteiger partial charge in [-0.3, -0.25) is 4.79 Å². The van der Waals surface area contributed by atoms with E-state index in [-0.39, 0.29) is 11.6 Å². The molecule has 0 unspecified atom stereocenters. The number of halogens is 1. The molecule has 2 rings (SSSR count). The molecular weight excluding hydrogens is 271 g/mol. The SMILES string of the molecule is CC(=O)c1cc(F)c(C)cc1Sc1cc(C)ccc1C. The average molecular weight is 288 g/mol. The Morgan fingerprint density at radius 3 is 2.35 bits per heavy atom. The standard InChI is InChI=1S/C17H17FOS/c1-10-5-6-11(2)16(7-10)20-17-8-12(3)15(18)9-14(17)13(4)19/h5-9H,1-4H3. The zero-order chi connectivity index (χ0) is 14.9. The fourth-order valence-corrected chi connectivity index (χ4v) is 3.21. The highest BCUT2D eigenvalue weighted by molar-refractivity contribution is 7.99. The molecule has 2 aromatic rings. The van der Waals surface area contributed by atoms with Crippen molar-refractivity contribution in [2.75, 3.05) is 0 Å². The van der Waals surface area contributed by atoms with Gasteiger partial charge in [-0.2, -0.15) is 0 Å². The van der Waals surface area contributed by atoms with Crippen LogP contribution >= 0.6 is 11.8 Å². The highest BCUT2D eigenvalue weighted by Gasteiger charge is 2.13. The van der Waals surface area contributed by atoms with Gasteiger partial charge in [0.05, 0.1) is 0 Å². The molecule has 0 fully saturated rings. The van der Waals surface area contributed by atoms with E-state index in [0.717, 1.165) is 15.4 Å². The molecule has 3 heteroatoms. The largest absolute Gasteiger partial charge is 0.294 e. The maximum Gasteiger partial charge on any atom is 0.161 e. The molecule has 0 radical (unpaired) electrons. The minimum Gasteiger partial charge on any atom is -0.294 e. The lowest BCUT2D eigenvalue weighted by atomic mass is 10.1. The predicted octanol–water partition coefficient (Wildman–Crippen LogP) is 5.10. The molecule has 104 valence electrons. The van der Waals surface area contributed by atoms with Crippen molar-refractivity contribution in [3.63, 3.8) is 0 Å². The van der Waals surface area contributed by atoms with Gasteiger partial charge in [0.2, 0.25) is 0 Å². The van der Waals surface area contributed by atoms with Crippen molar-refractivity contribution >= 4 is 17.5 Å². The van der Waals surface area contributed by atoms with Gasteiger partial charge in [-0.05, 0) is 62.6 Å². The number of Topliss-reactive ketones (excluding diaryl/α,β-unsaturated/α-hetero) is 1. The number of rotatable bonds is 3. The van der Waals surface area contributed by atoms with Gasteiger partial charge in [0.15, 0.2) is 5.78 Å². The van der Waals surface area contributed by atoms with Crippen molar-refractivity contribution in [1.82, 2.24) is 0 Å². The Hall–Kier alpha value is -1.61. The molecule has 0 amide bonds. The summed E-state index contributed by atoms with van der Waals surface area (Å²) in [5.41, 5.74) is 3.32. The van der Waals surface area contributed by atoms with Crippen molar-refractivity contribution in [3.05, 3.63) is 58.4 Å². The maximum atomic E-state index is 13.6. The van der Waals surface area contributed by atoms with Crippen molar-refractivity contribution in [2.24, 2.45) is 0 Å². The molecule has 0 atom stereocenters. The summed E-state index contributed by atoms with van der Waals surface area (Å²) in [5, 5.41) is 0. The number of hydrogen-bond acceptors (Lipinski definition) is 2. The van der Waals surface area contributed by atoms with Crippen LogP contribution in [0.2, 0.25) is 0 Å². The van der Waals surface area contributed by atoms with Crippen LogP contribution in [0.1, 0.15) is 34.0 Å². The lowest BCUT2D eigenvalue weighted by Gasteiger charge is -2.11. The Morgan fingerprint density at radius 1 is 1.00 bits per heavy atom. The summed E-state index contributed by atoms with van der Waals surface area (Å²) in [6.07, 6.45) is 0. The number of aryl methyl sites for hydroxylation is 3. The van der Waals surface area contributed by atoms with Crippen LogP contribution in [0, 0.1) is 26.6 Å². The maximum absolute atomic E-state index is 13.6. The van der Waals surface area contributed by atoms with Crippen LogP contribution in [0.4, 0.5) is 4.39 Å². The predicted molar refractivity (Wildman–Crippen MR) is 81.2 cm³/mol. The number of benzene rings is 2. The van der Waals surface area contributed by atoms with Gasteiger partial charge in [0.1, 0.15) is 5.82 Å². The minimum atomic E-state index is -0.333. The van der Waals surface area contributed by atoms with E-state index in [4.69, 9.17) is 0 Å². The van der Waals surface area contributed by atoms with E-state index in [9.17, 15) is 9.18 Å². The van der Waals surface area contributed by atoms with Gasteiger partial charge in [-0.15, -0.1) is 0 Å². The van der Waals surface area contributed by atoms with Crippen molar-refractivity contribution < 1.29 is 9.18 Å². The molecule has 2 aromatic carbocycles. The van der Waals surface area contributed by atoms with Crippen LogP contribution in [0.25, 0.3) is 0 Å². The zero-order valence-corrected chi connectivity index (χ0v) is 12.9. The van der Waals surface area contributed by atoms with Crippen molar-refractivity contribution in [1.29, 1.82) is 0 Å². The Balaban J connectivity index is 2.50. The second kappa shape index (κ2) is 5.80. The minimum absolute atomic E-state index is 0.114. The molecule has 0 heterocycles. The van der Waals surface area contributed by atoms with Crippen LogP contribution in [0.5, 0.6) is 0 Å². The van der Waals surface area contributed by atoms with Gasteiger partial charge in [-0.25, -0.2) is 4.39 Å². The molecule has 0 bridgehead atoms. The third kappa shape index (κ3) is 3.10. The molecule has 0 spiro atoms. The number of carbonyl (C=O) groups excluding carboxylic acids is 1. The van der Waals surface area contributed by atoms with E-state index < -0.39 is 0 Å². The molecular formula is C17H17FOS. The fraction of sp³-hybridized carbons (Fsp3) is 0.235. The zero-order valence-electron chi connectivity index (χ0n) is 12.1. The smallest absolute Gasteiger partial charge is 0.161 e. The summed E-state index contributed by atoms with van der Waals surface area (Å²) in [5.74, 6) is -0.447. The van der Waals surface area contributed by atoms with Gasteiger partial charge >= 0.3 is 0 Å². The highest BCUT2D eigenvalue weighted by atomic mass is 32.2. The monoisotopic (exact) mass is 288 g/mol. The summed E-state index contributed by atoms with van der Waals surface area (Å²) in [6, 6.07) is 9.29.